The Hall–Kier alpha value is -3.95. The van der Waals surface area contributed by atoms with E-state index >= 15 is 0 Å². The first kappa shape index (κ1) is 21.3. The topological polar surface area (TPSA) is 71.8 Å². The third kappa shape index (κ3) is 4.11. The number of carbonyl (C=O) groups is 1. The van der Waals surface area contributed by atoms with E-state index in [4.69, 9.17) is 0 Å². The van der Waals surface area contributed by atoms with Gasteiger partial charge in [-0.1, -0.05) is 6.07 Å². The number of halogens is 4. The number of anilines is 2. The van der Waals surface area contributed by atoms with Crippen LogP contribution in [0, 0.1) is 12.7 Å². The number of urea groups is 1. The van der Waals surface area contributed by atoms with E-state index in [2.05, 4.69) is 20.7 Å². The summed E-state index contributed by atoms with van der Waals surface area (Å²) in [5.74, 6) is -0.975. The van der Waals surface area contributed by atoms with E-state index in [1.165, 1.54) is 0 Å². The Morgan fingerprint density at radius 2 is 1.75 bits per heavy atom. The predicted molar refractivity (Wildman–Crippen MR) is 113 cm³/mol. The zero-order chi connectivity index (χ0) is 23.0. The summed E-state index contributed by atoms with van der Waals surface area (Å²) in [6.45, 7) is 1.76. The van der Waals surface area contributed by atoms with Gasteiger partial charge in [0, 0.05) is 29.9 Å². The van der Waals surface area contributed by atoms with Crippen molar-refractivity contribution in [3.8, 4) is 11.1 Å². The lowest BCUT2D eigenvalue weighted by Gasteiger charge is -2.13. The highest BCUT2D eigenvalue weighted by atomic mass is 19.4. The maximum atomic E-state index is 13.9. The van der Waals surface area contributed by atoms with Gasteiger partial charge in [0.25, 0.3) is 0 Å². The maximum Gasteiger partial charge on any atom is 0.416 e. The number of nitrogens with zero attached hydrogens (tertiary/aromatic N) is 3. The molecular weight excluding hydrogens is 426 g/mol. The van der Waals surface area contributed by atoms with Crippen LogP contribution < -0.4 is 10.6 Å². The number of aromatic nitrogens is 3. The zero-order valence-electron chi connectivity index (χ0n) is 17.0. The highest BCUT2D eigenvalue weighted by Crippen LogP contribution is 2.32. The second kappa shape index (κ2) is 7.95. The number of nitrogens with one attached hydrogen (secondary N) is 2. The molecule has 2 heterocycles. The van der Waals surface area contributed by atoms with Crippen LogP contribution in [0.3, 0.4) is 0 Å². The van der Waals surface area contributed by atoms with Crippen molar-refractivity contribution >= 4 is 28.3 Å². The standard InChI is InChI=1S/C22H17F4N5O/c1-12-7-13(15-9-27-11-20-16(15)10-28-31(20)2)3-6-18(12)29-21(32)30-19-8-14(22(24,25)26)4-5-17(19)23/h3-11H,1-2H3,(H2,29,30,32). The molecule has 4 rings (SSSR count). The fourth-order valence-electron chi connectivity index (χ4n) is 3.33. The van der Waals surface area contributed by atoms with Gasteiger partial charge in [-0.05, 0) is 48.4 Å². The van der Waals surface area contributed by atoms with Gasteiger partial charge in [0.05, 0.1) is 29.2 Å². The lowest BCUT2D eigenvalue weighted by atomic mass is 10.0. The van der Waals surface area contributed by atoms with Gasteiger partial charge in [-0.15, -0.1) is 0 Å². The molecule has 32 heavy (non-hydrogen) atoms. The molecule has 0 unspecified atom stereocenters. The Bertz CT molecular complexity index is 1330. The van der Waals surface area contributed by atoms with Crippen molar-refractivity contribution in [2.75, 3.05) is 10.6 Å². The molecular formula is C22H17F4N5O. The molecule has 4 aromatic rings. The summed E-state index contributed by atoms with van der Waals surface area (Å²) < 4.78 is 54.2. The molecule has 0 fully saturated rings. The second-order valence-corrected chi connectivity index (χ2v) is 7.19. The molecule has 0 saturated carbocycles. The van der Waals surface area contributed by atoms with Crippen LogP contribution in [0.5, 0.6) is 0 Å². The molecule has 164 valence electrons. The van der Waals surface area contributed by atoms with E-state index in [0.717, 1.165) is 22.0 Å². The van der Waals surface area contributed by atoms with E-state index in [0.29, 0.717) is 29.4 Å². The fraction of sp³-hybridized carbons (Fsp3) is 0.136. The molecule has 0 aliphatic rings. The summed E-state index contributed by atoms with van der Waals surface area (Å²) in [5.41, 5.74) is 2.07. The third-order valence-electron chi connectivity index (χ3n) is 5.00. The number of alkyl halides is 3. The Labute approximate surface area is 179 Å². The summed E-state index contributed by atoms with van der Waals surface area (Å²) in [7, 11) is 1.82. The highest BCUT2D eigenvalue weighted by Gasteiger charge is 2.31. The van der Waals surface area contributed by atoms with E-state index in [1.54, 1.807) is 42.3 Å². The minimum Gasteiger partial charge on any atom is -0.307 e. The van der Waals surface area contributed by atoms with E-state index < -0.39 is 29.3 Å². The SMILES string of the molecule is Cc1cc(-c2cncc3c2cnn3C)ccc1NC(=O)Nc1cc(C(F)(F)F)ccc1F. The smallest absolute Gasteiger partial charge is 0.307 e. The maximum absolute atomic E-state index is 13.9. The van der Waals surface area contributed by atoms with E-state index in [9.17, 15) is 22.4 Å². The quantitative estimate of drug-likeness (QED) is 0.397. The Morgan fingerprint density at radius 3 is 2.47 bits per heavy atom. The number of hydrogen-bond donors (Lipinski definition) is 2. The summed E-state index contributed by atoms with van der Waals surface area (Å²) >= 11 is 0. The lowest BCUT2D eigenvalue weighted by Crippen LogP contribution is -2.21. The average molecular weight is 443 g/mol. The molecule has 2 aromatic carbocycles. The highest BCUT2D eigenvalue weighted by molar-refractivity contribution is 6.01. The molecule has 0 saturated heterocycles. The van der Waals surface area contributed by atoms with E-state index in [-0.39, 0.29) is 0 Å². The molecule has 0 aliphatic heterocycles. The monoisotopic (exact) mass is 443 g/mol. The van der Waals surface area contributed by atoms with Crippen LogP contribution in [0.25, 0.3) is 22.0 Å². The van der Waals surface area contributed by atoms with Crippen molar-refractivity contribution in [2.45, 2.75) is 13.1 Å². The predicted octanol–water partition coefficient (Wildman–Crippen LogP) is 5.75. The molecule has 2 aromatic heterocycles. The number of fused-ring (bicyclic) bond motifs is 1. The average Bonchev–Trinajstić information content (AvgIpc) is 3.11. The summed E-state index contributed by atoms with van der Waals surface area (Å²) in [4.78, 5) is 16.5. The van der Waals surface area contributed by atoms with Crippen LogP contribution in [-0.2, 0) is 13.2 Å². The van der Waals surface area contributed by atoms with Crippen molar-refractivity contribution in [2.24, 2.45) is 7.05 Å². The Balaban J connectivity index is 1.55. The summed E-state index contributed by atoms with van der Waals surface area (Å²) in [6, 6.07) is 6.22. The van der Waals surface area contributed by atoms with Crippen LogP contribution in [0.2, 0.25) is 0 Å². The Morgan fingerprint density at radius 1 is 1.00 bits per heavy atom. The number of hydrogen-bond acceptors (Lipinski definition) is 3. The normalized spacial score (nSPS) is 11.6. The van der Waals surface area contributed by atoms with Crippen molar-refractivity contribution in [3.63, 3.8) is 0 Å². The second-order valence-electron chi connectivity index (χ2n) is 7.19. The molecule has 0 radical (unpaired) electrons. The molecule has 0 atom stereocenters. The number of benzene rings is 2. The van der Waals surface area contributed by atoms with Crippen molar-refractivity contribution < 1.29 is 22.4 Å². The molecule has 0 spiro atoms. The van der Waals surface area contributed by atoms with Gasteiger partial charge in [0.15, 0.2) is 0 Å². The van der Waals surface area contributed by atoms with Gasteiger partial charge in [0.2, 0.25) is 0 Å². The van der Waals surface area contributed by atoms with Gasteiger partial charge in [-0.3, -0.25) is 9.67 Å². The lowest BCUT2D eigenvalue weighted by molar-refractivity contribution is -0.137. The van der Waals surface area contributed by atoms with Crippen LogP contribution >= 0.6 is 0 Å². The number of amides is 2. The minimum absolute atomic E-state index is 0.421. The van der Waals surface area contributed by atoms with Crippen LogP contribution in [0.1, 0.15) is 11.1 Å². The molecule has 10 heteroatoms. The number of carbonyl (C=O) groups excluding carboxylic acids is 1. The Kier molecular flexibility index (Phi) is 5.29. The van der Waals surface area contributed by atoms with Gasteiger partial charge in [-0.2, -0.15) is 18.3 Å². The summed E-state index contributed by atoms with van der Waals surface area (Å²) in [5, 5.41) is 9.82. The first-order chi connectivity index (χ1) is 15.1. The van der Waals surface area contributed by atoms with Crippen LogP contribution in [0.4, 0.5) is 33.7 Å². The molecule has 2 N–H and O–H groups in total. The zero-order valence-corrected chi connectivity index (χ0v) is 17.0. The first-order valence-corrected chi connectivity index (χ1v) is 9.45. The molecule has 2 amide bonds. The largest absolute Gasteiger partial charge is 0.416 e. The van der Waals surface area contributed by atoms with Crippen molar-refractivity contribution in [1.29, 1.82) is 0 Å². The van der Waals surface area contributed by atoms with E-state index in [1.807, 2.05) is 13.1 Å². The van der Waals surface area contributed by atoms with Crippen LogP contribution in [0.15, 0.2) is 55.0 Å². The third-order valence-corrected chi connectivity index (χ3v) is 5.00. The van der Waals surface area contributed by atoms with Gasteiger partial charge in [-0.25, -0.2) is 9.18 Å². The fourth-order valence-corrected chi connectivity index (χ4v) is 3.33. The van der Waals surface area contributed by atoms with Crippen LogP contribution in [-0.4, -0.2) is 20.8 Å². The van der Waals surface area contributed by atoms with Crippen molar-refractivity contribution in [1.82, 2.24) is 14.8 Å². The number of rotatable bonds is 3. The number of aryl methyl sites for hydroxylation is 2. The van der Waals surface area contributed by atoms with Gasteiger partial charge in [0.1, 0.15) is 5.82 Å². The molecule has 0 aliphatic carbocycles. The molecule has 0 bridgehead atoms. The first-order valence-electron chi connectivity index (χ1n) is 9.45. The minimum atomic E-state index is -4.65. The number of pyridine rings is 1. The summed E-state index contributed by atoms with van der Waals surface area (Å²) in [6.07, 6.45) is 0.519. The molecule has 6 nitrogen and oxygen atoms in total. The van der Waals surface area contributed by atoms with Gasteiger partial charge < -0.3 is 10.6 Å². The van der Waals surface area contributed by atoms with Gasteiger partial charge >= 0.3 is 12.2 Å². The van der Waals surface area contributed by atoms with Crippen molar-refractivity contribution in [3.05, 3.63) is 71.9 Å².